The first-order chi connectivity index (χ1) is 15.4. The van der Waals surface area contributed by atoms with Crippen LogP contribution in [0.1, 0.15) is 49.0 Å². The van der Waals surface area contributed by atoms with Gasteiger partial charge in [0.15, 0.2) is 5.82 Å². The fourth-order valence-electron chi connectivity index (χ4n) is 4.99. The van der Waals surface area contributed by atoms with Gasteiger partial charge in [-0.15, -0.1) is 0 Å². The van der Waals surface area contributed by atoms with Crippen LogP contribution in [0, 0.1) is 17.1 Å². The quantitative estimate of drug-likeness (QED) is 0.667. The number of nitrogens with two attached hydrogens (primary N) is 1. The zero-order valence-corrected chi connectivity index (χ0v) is 18.1. The summed E-state index contributed by atoms with van der Waals surface area (Å²) in [5.74, 6) is -0.734. The van der Waals surface area contributed by atoms with Crippen molar-refractivity contribution in [2.75, 3.05) is 18.0 Å². The Morgan fingerprint density at radius 2 is 2.12 bits per heavy atom. The zero-order chi connectivity index (χ0) is 22.6. The van der Waals surface area contributed by atoms with Crippen LogP contribution in [0.15, 0.2) is 18.3 Å². The smallest absolute Gasteiger partial charge is 0.218 e. The van der Waals surface area contributed by atoms with E-state index in [1.165, 1.54) is 10.1 Å². The number of fused-ring (bicyclic) bond motifs is 4. The van der Waals surface area contributed by atoms with Crippen LogP contribution in [-0.2, 0) is 24.3 Å². The molecule has 2 atom stereocenters. The lowest BCUT2D eigenvalue weighted by atomic mass is 9.96. The van der Waals surface area contributed by atoms with Crippen LogP contribution in [0.2, 0.25) is 0 Å². The third-order valence-corrected chi connectivity index (χ3v) is 6.62. The number of nitrogens with zero attached hydrogens (tertiary/aromatic N) is 7. The van der Waals surface area contributed by atoms with Crippen LogP contribution >= 0.6 is 0 Å². The zero-order valence-electron chi connectivity index (χ0n) is 18.1. The second-order valence-electron chi connectivity index (χ2n) is 8.75. The third-order valence-electron chi connectivity index (χ3n) is 6.62. The molecular formula is C22H25FN8O. The van der Waals surface area contributed by atoms with Gasteiger partial charge < -0.3 is 10.6 Å². The number of carbonyl (C=O) groups excluding carboxylic acids is 1. The van der Waals surface area contributed by atoms with E-state index in [9.17, 15) is 14.4 Å². The number of hydrogen-bond donors (Lipinski definition) is 1. The first-order valence-electron chi connectivity index (χ1n) is 10.8. The van der Waals surface area contributed by atoms with Crippen LogP contribution < -0.4 is 10.6 Å². The third kappa shape index (κ3) is 3.20. The van der Waals surface area contributed by atoms with E-state index in [0.29, 0.717) is 43.8 Å². The molecule has 2 N–H and O–H groups in total. The van der Waals surface area contributed by atoms with Crippen LogP contribution in [0.25, 0.3) is 5.52 Å². The molecule has 0 fully saturated rings. The minimum atomic E-state index is -0.440. The van der Waals surface area contributed by atoms with Gasteiger partial charge in [-0.25, -0.2) is 8.91 Å². The van der Waals surface area contributed by atoms with Crippen molar-refractivity contribution in [3.63, 3.8) is 0 Å². The average molecular weight is 436 g/mol. The van der Waals surface area contributed by atoms with Gasteiger partial charge in [-0.1, -0.05) is 0 Å². The number of anilines is 1. The van der Waals surface area contributed by atoms with Gasteiger partial charge in [0.1, 0.15) is 17.3 Å². The molecule has 0 unspecified atom stereocenters. The molecule has 0 saturated carbocycles. The minimum absolute atomic E-state index is 0.0976. The molecule has 0 aromatic carbocycles. The molecule has 0 aliphatic carbocycles. The van der Waals surface area contributed by atoms with Crippen LogP contribution in [0.5, 0.6) is 0 Å². The van der Waals surface area contributed by atoms with E-state index >= 15 is 0 Å². The molecule has 32 heavy (non-hydrogen) atoms. The van der Waals surface area contributed by atoms with Gasteiger partial charge in [0, 0.05) is 37.7 Å². The molecule has 0 saturated heterocycles. The number of amides is 1. The number of nitriles is 1. The van der Waals surface area contributed by atoms with E-state index in [2.05, 4.69) is 39.5 Å². The van der Waals surface area contributed by atoms with E-state index in [1.807, 2.05) is 0 Å². The maximum Gasteiger partial charge on any atom is 0.218 e. The monoisotopic (exact) mass is 436 g/mol. The van der Waals surface area contributed by atoms with E-state index in [0.717, 1.165) is 29.7 Å². The van der Waals surface area contributed by atoms with Crippen LogP contribution in [0.3, 0.4) is 0 Å². The molecule has 0 spiro atoms. The lowest BCUT2D eigenvalue weighted by Crippen LogP contribution is -2.40. The summed E-state index contributed by atoms with van der Waals surface area (Å²) in [6.45, 7) is 6.85. The largest absolute Gasteiger partial charge is 0.370 e. The first-order valence-corrected chi connectivity index (χ1v) is 10.8. The molecule has 3 aromatic heterocycles. The van der Waals surface area contributed by atoms with Gasteiger partial charge in [-0.05, 0) is 32.4 Å². The van der Waals surface area contributed by atoms with Crippen molar-refractivity contribution < 1.29 is 9.18 Å². The molecular weight excluding hydrogens is 411 g/mol. The SMILES string of the molecule is C[C@@H]1CN(c2ccc(C#N)n3ncc(F)c23)Cc2c3c(nn21)CN(CCC(N)=O)[C@@H](C)C3. The van der Waals surface area contributed by atoms with Crippen molar-refractivity contribution in [1.29, 1.82) is 5.26 Å². The maximum atomic E-state index is 14.6. The molecule has 0 radical (unpaired) electrons. The molecule has 2 aliphatic rings. The van der Waals surface area contributed by atoms with Gasteiger partial charge in [-0.2, -0.15) is 15.5 Å². The highest BCUT2D eigenvalue weighted by Crippen LogP contribution is 2.35. The lowest BCUT2D eigenvalue weighted by molar-refractivity contribution is -0.118. The molecule has 3 aromatic rings. The predicted molar refractivity (Wildman–Crippen MR) is 115 cm³/mol. The van der Waals surface area contributed by atoms with Crippen LogP contribution in [-0.4, -0.2) is 49.3 Å². The molecule has 9 nitrogen and oxygen atoms in total. The highest BCUT2D eigenvalue weighted by Gasteiger charge is 2.34. The number of hydrogen-bond acceptors (Lipinski definition) is 6. The number of carbonyl (C=O) groups is 1. The topological polar surface area (TPSA) is 108 Å². The second kappa shape index (κ2) is 7.60. The summed E-state index contributed by atoms with van der Waals surface area (Å²) >= 11 is 0. The normalized spacial score (nSPS) is 20.8. The molecule has 2 aliphatic heterocycles. The summed E-state index contributed by atoms with van der Waals surface area (Å²) in [4.78, 5) is 15.6. The number of aromatic nitrogens is 4. The van der Waals surface area contributed by atoms with Crippen molar-refractivity contribution in [1.82, 2.24) is 24.3 Å². The Hall–Kier alpha value is -3.45. The average Bonchev–Trinajstić information content (AvgIpc) is 3.32. The molecule has 10 heteroatoms. The van der Waals surface area contributed by atoms with Crippen molar-refractivity contribution in [3.8, 4) is 6.07 Å². The van der Waals surface area contributed by atoms with Crippen molar-refractivity contribution in [2.45, 2.75) is 51.9 Å². The van der Waals surface area contributed by atoms with Gasteiger partial charge in [-0.3, -0.25) is 14.4 Å². The molecule has 5 heterocycles. The highest BCUT2D eigenvalue weighted by atomic mass is 19.1. The Labute approximate surface area is 184 Å². The Bertz CT molecular complexity index is 1260. The Kier molecular flexibility index (Phi) is 4.86. The summed E-state index contributed by atoms with van der Waals surface area (Å²) in [5, 5.41) is 18.3. The van der Waals surface area contributed by atoms with Crippen molar-refractivity contribution in [3.05, 3.63) is 46.8 Å². The minimum Gasteiger partial charge on any atom is -0.370 e. The highest BCUT2D eigenvalue weighted by molar-refractivity contribution is 5.75. The molecule has 0 bridgehead atoms. The summed E-state index contributed by atoms with van der Waals surface area (Å²) in [7, 11) is 0. The van der Waals surface area contributed by atoms with Gasteiger partial charge in [0.25, 0.3) is 0 Å². The standard InChI is InChI=1S/C22H25FN8O/c1-13-7-16-18(11-28(13)6-5-21(25)32)27-30-14(2)10-29(12-20(16)30)19-4-3-15(8-24)31-22(19)17(23)9-26-31/h3-4,9,13-14H,5-7,10-12H2,1-2H3,(H2,25,32)/t13-,14+/m0/s1. The predicted octanol–water partition coefficient (Wildman–Crippen LogP) is 1.74. The first kappa shape index (κ1) is 20.5. The van der Waals surface area contributed by atoms with E-state index in [4.69, 9.17) is 10.8 Å². The van der Waals surface area contributed by atoms with E-state index < -0.39 is 5.82 Å². The van der Waals surface area contributed by atoms with E-state index in [1.54, 1.807) is 12.1 Å². The van der Waals surface area contributed by atoms with Gasteiger partial charge >= 0.3 is 0 Å². The summed E-state index contributed by atoms with van der Waals surface area (Å²) in [5.41, 5.74) is 10.1. The number of rotatable bonds is 4. The summed E-state index contributed by atoms with van der Waals surface area (Å²) in [6, 6.07) is 5.92. The molecule has 5 rings (SSSR count). The fourth-order valence-corrected chi connectivity index (χ4v) is 4.99. The Morgan fingerprint density at radius 3 is 2.88 bits per heavy atom. The fraction of sp³-hybridized carbons (Fsp3) is 0.455. The molecule has 1 amide bonds. The van der Waals surface area contributed by atoms with Crippen LogP contribution in [0.4, 0.5) is 10.1 Å². The van der Waals surface area contributed by atoms with Crippen molar-refractivity contribution >= 4 is 17.1 Å². The second-order valence-corrected chi connectivity index (χ2v) is 8.75. The summed E-state index contributed by atoms with van der Waals surface area (Å²) in [6.07, 6.45) is 2.33. The summed E-state index contributed by atoms with van der Waals surface area (Å²) < 4.78 is 18.1. The Morgan fingerprint density at radius 1 is 1.31 bits per heavy atom. The van der Waals surface area contributed by atoms with Gasteiger partial charge in [0.05, 0.1) is 35.9 Å². The van der Waals surface area contributed by atoms with Gasteiger partial charge in [0.2, 0.25) is 5.91 Å². The maximum absolute atomic E-state index is 14.6. The number of pyridine rings is 1. The number of primary amides is 1. The Balaban J connectivity index is 1.49. The molecule has 166 valence electrons. The van der Waals surface area contributed by atoms with E-state index in [-0.39, 0.29) is 18.0 Å². The van der Waals surface area contributed by atoms with Crippen molar-refractivity contribution in [2.24, 2.45) is 5.73 Å². The lowest BCUT2D eigenvalue weighted by Gasteiger charge is -2.36. The number of halogens is 1.